The Bertz CT molecular complexity index is 448. The van der Waals surface area contributed by atoms with Gasteiger partial charge in [0.1, 0.15) is 0 Å². The van der Waals surface area contributed by atoms with Gasteiger partial charge in [-0.1, -0.05) is 25.0 Å². The lowest BCUT2D eigenvalue weighted by Crippen LogP contribution is -2.42. The fourth-order valence-electron chi connectivity index (χ4n) is 2.83. The van der Waals surface area contributed by atoms with Crippen molar-refractivity contribution in [3.63, 3.8) is 0 Å². The van der Waals surface area contributed by atoms with Crippen molar-refractivity contribution < 1.29 is 9.90 Å². The molecule has 2 atom stereocenters. The Labute approximate surface area is 114 Å². The number of carbonyl (C=O) groups is 1. The van der Waals surface area contributed by atoms with Crippen molar-refractivity contribution in [2.75, 3.05) is 7.05 Å². The summed E-state index contributed by atoms with van der Waals surface area (Å²) in [4.78, 5) is 13.3. The first-order valence-electron chi connectivity index (χ1n) is 6.85. The monoisotopic (exact) mass is 262 g/mol. The highest BCUT2D eigenvalue weighted by Gasteiger charge is 2.26. The van der Waals surface area contributed by atoms with Crippen LogP contribution in [-0.4, -0.2) is 35.1 Å². The minimum atomic E-state index is -0.401. The van der Waals surface area contributed by atoms with E-state index in [9.17, 15) is 9.90 Å². The number of rotatable bonds is 4. The number of primary amides is 1. The van der Waals surface area contributed by atoms with Crippen LogP contribution in [0.4, 0.5) is 0 Å². The number of aliphatic hydroxyl groups is 1. The molecule has 2 rings (SSSR count). The molecular weight excluding hydrogens is 240 g/mol. The van der Waals surface area contributed by atoms with E-state index in [2.05, 4.69) is 4.90 Å². The van der Waals surface area contributed by atoms with Crippen molar-refractivity contribution in [2.45, 2.75) is 44.4 Å². The van der Waals surface area contributed by atoms with Gasteiger partial charge in [0.05, 0.1) is 6.10 Å². The summed E-state index contributed by atoms with van der Waals surface area (Å²) in [6, 6.07) is 7.60. The SMILES string of the molecule is CN(Cc1cccc(C(N)=O)c1)C1CCCCC1O. The molecule has 3 N–H and O–H groups in total. The third kappa shape index (κ3) is 3.55. The molecule has 104 valence electrons. The van der Waals surface area contributed by atoms with Crippen LogP contribution in [-0.2, 0) is 6.54 Å². The van der Waals surface area contributed by atoms with E-state index in [1.807, 2.05) is 25.2 Å². The Balaban J connectivity index is 2.03. The molecule has 1 aliphatic carbocycles. The molecule has 1 saturated carbocycles. The summed E-state index contributed by atoms with van der Waals surface area (Å²) in [5.41, 5.74) is 6.88. The molecule has 4 heteroatoms. The van der Waals surface area contributed by atoms with Gasteiger partial charge in [0.2, 0.25) is 5.91 Å². The van der Waals surface area contributed by atoms with Gasteiger partial charge in [-0.3, -0.25) is 9.69 Å². The molecule has 2 unspecified atom stereocenters. The van der Waals surface area contributed by atoms with Crippen molar-refractivity contribution in [3.8, 4) is 0 Å². The Morgan fingerprint density at radius 3 is 2.84 bits per heavy atom. The molecule has 0 spiro atoms. The number of benzene rings is 1. The number of hydrogen-bond acceptors (Lipinski definition) is 3. The van der Waals surface area contributed by atoms with Crippen LogP contribution in [0.5, 0.6) is 0 Å². The quantitative estimate of drug-likeness (QED) is 0.864. The van der Waals surface area contributed by atoms with Gasteiger partial charge >= 0.3 is 0 Å². The van der Waals surface area contributed by atoms with E-state index < -0.39 is 5.91 Å². The van der Waals surface area contributed by atoms with Crippen LogP contribution in [0.15, 0.2) is 24.3 Å². The van der Waals surface area contributed by atoms with Crippen molar-refractivity contribution >= 4 is 5.91 Å². The highest BCUT2D eigenvalue weighted by Crippen LogP contribution is 2.23. The number of amides is 1. The maximum atomic E-state index is 11.2. The van der Waals surface area contributed by atoms with Crippen LogP contribution in [0.3, 0.4) is 0 Å². The average molecular weight is 262 g/mol. The number of likely N-dealkylation sites (N-methyl/N-ethyl adjacent to an activating group) is 1. The lowest BCUT2D eigenvalue weighted by molar-refractivity contribution is 0.0288. The second-order valence-electron chi connectivity index (χ2n) is 5.40. The van der Waals surface area contributed by atoms with E-state index in [-0.39, 0.29) is 12.1 Å². The molecule has 0 bridgehead atoms. The van der Waals surface area contributed by atoms with E-state index in [0.29, 0.717) is 5.56 Å². The van der Waals surface area contributed by atoms with E-state index >= 15 is 0 Å². The third-order valence-electron chi connectivity index (χ3n) is 3.90. The molecule has 4 nitrogen and oxygen atoms in total. The van der Waals surface area contributed by atoms with Gasteiger partial charge in [0.25, 0.3) is 0 Å². The maximum Gasteiger partial charge on any atom is 0.248 e. The van der Waals surface area contributed by atoms with Gasteiger partial charge in [0, 0.05) is 18.2 Å². The largest absolute Gasteiger partial charge is 0.391 e. The van der Waals surface area contributed by atoms with Gasteiger partial charge in [-0.25, -0.2) is 0 Å². The molecule has 1 aromatic rings. The summed E-state index contributed by atoms with van der Waals surface area (Å²) in [6.07, 6.45) is 3.97. The zero-order chi connectivity index (χ0) is 13.8. The molecule has 0 heterocycles. The molecule has 19 heavy (non-hydrogen) atoms. The molecule has 1 fully saturated rings. The van der Waals surface area contributed by atoms with Gasteiger partial charge in [-0.05, 0) is 37.6 Å². The van der Waals surface area contributed by atoms with E-state index in [4.69, 9.17) is 5.73 Å². The number of aliphatic hydroxyl groups excluding tert-OH is 1. The fraction of sp³-hybridized carbons (Fsp3) is 0.533. The fourth-order valence-corrected chi connectivity index (χ4v) is 2.83. The van der Waals surface area contributed by atoms with Gasteiger partial charge in [0.15, 0.2) is 0 Å². The zero-order valence-electron chi connectivity index (χ0n) is 11.4. The summed E-state index contributed by atoms with van der Waals surface area (Å²) in [5.74, 6) is -0.401. The smallest absolute Gasteiger partial charge is 0.248 e. The maximum absolute atomic E-state index is 11.2. The number of hydrogen-bond donors (Lipinski definition) is 2. The molecule has 1 aliphatic rings. The molecule has 0 saturated heterocycles. The van der Waals surface area contributed by atoms with Crippen LogP contribution in [0.2, 0.25) is 0 Å². The van der Waals surface area contributed by atoms with Crippen LogP contribution >= 0.6 is 0 Å². The summed E-state index contributed by atoms with van der Waals surface area (Å²) in [5, 5.41) is 10.0. The normalized spacial score (nSPS) is 23.5. The first-order valence-corrected chi connectivity index (χ1v) is 6.85. The van der Waals surface area contributed by atoms with Crippen molar-refractivity contribution in [2.24, 2.45) is 5.73 Å². The third-order valence-corrected chi connectivity index (χ3v) is 3.90. The van der Waals surface area contributed by atoms with Crippen molar-refractivity contribution in [1.82, 2.24) is 4.90 Å². The molecule has 0 aromatic heterocycles. The highest BCUT2D eigenvalue weighted by molar-refractivity contribution is 5.92. The highest BCUT2D eigenvalue weighted by atomic mass is 16.3. The lowest BCUT2D eigenvalue weighted by atomic mass is 9.91. The molecule has 1 aromatic carbocycles. The second-order valence-corrected chi connectivity index (χ2v) is 5.40. The van der Waals surface area contributed by atoms with Crippen molar-refractivity contribution in [1.29, 1.82) is 0 Å². The molecule has 1 amide bonds. The standard InChI is InChI=1S/C15H22N2O2/c1-17(13-7-2-3-8-14(13)18)10-11-5-4-6-12(9-11)15(16)19/h4-6,9,13-14,18H,2-3,7-8,10H2,1H3,(H2,16,19). The van der Waals surface area contributed by atoms with Crippen LogP contribution in [0.25, 0.3) is 0 Å². The van der Waals surface area contributed by atoms with Crippen LogP contribution in [0, 0.1) is 0 Å². The predicted molar refractivity (Wildman–Crippen MR) is 74.7 cm³/mol. The van der Waals surface area contributed by atoms with Crippen LogP contribution < -0.4 is 5.73 Å². The average Bonchev–Trinajstić information content (AvgIpc) is 2.39. The minimum absolute atomic E-state index is 0.214. The number of carbonyl (C=O) groups excluding carboxylic acids is 1. The van der Waals surface area contributed by atoms with Gasteiger partial charge in [-0.2, -0.15) is 0 Å². The second kappa shape index (κ2) is 6.17. The summed E-state index contributed by atoms with van der Waals surface area (Å²) >= 11 is 0. The summed E-state index contributed by atoms with van der Waals surface area (Å²) in [6.45, 7) is 0.725. The first kappa shape index (κ1) is 14.0. The van der Waals surface area contributed by atoms with Crippen molar-refractivity contribution in [3.05, 3.63) is 35.4 Å². The number of nitrogens with zero attached hydrogens (tertiary/aromatic N) is 1. The van der Waals surface area contributed by atoms with Gasteiger partial charge in [-0.15, -0.1) is 0 Å². The number of nitrogens with two attached hydrogens (primary N) is 1. The molecule has 0 aliphatic heterocycles. The molecule has 0 radical (unpaired) electrons. The Hall–Kier alpha value is -1.39. The van der Waals surface area contributed by atoms with Gasteiger partial charge < -0.3 is 10.8 Å². The summed E-state index contributed by atoms with van der Waals surface area (Å²) in [7, 11) is 2.02. The Morgan fingerprint density at radius 2 is 2.16 bits per heavy atom. The molecular formula is C15H22N2O2. The van der Waals surface area contributed by atoms with E-state index in [1.165, 1.54) is 6.42 Å². The Kier molecular flexibility index (Phi) is 4.56. The topological polar surface area (TPSA) is 66.6 Å². The Morgan fingerprint density at radius 1 is 1.42 bits per heavy atom. The predicted octanol–water partition coefficient (Wildman–Crippen LogP) is 1.52. The van der Waals surface area contributed by atoms with Crippen LogP contribution in [0.1, 0.15) is 41.6 Å². The van der Waals surface area contributed by atoms with E-state index in [1.54, 1.807) is 6.07 Å². The first-order chi connectivity index (χ1) is 9.08. The van der Waals surface area contributed by atoms with E-state index in [0.717, 1.165) is 31.4 Å². The minimum Gasteiger partial charge on any atom is -0.391 e. The zero-order valence-corrected chi connectivity index (χ0v) is 11.4. The summed E-state index contributed by atoms with van der Waals surface area (Å²) < 4.78 is 0. The lowest BCUT2D eigenvalue weighted by Gasteiger charge is -2.35.